The van der Waals surface area contributed by atoms with Crippen LogP contribution in [0.25, 0.3) is 0 Å². The first kappa shape index (κ1) is 19.2. The Morgan fingerprint density at radius 1 is 1.19 bits per heavy atom. The summed E-state index contributed by atoms with van der Waals surface area (Å²) in [6.07, 6.45) is 2.52. The third-order valence-electron chi connectivity index (χ3n) is 5.29. The first-order chi connectivity index (χ1) is 13.0. The van der Waals surface area contributed by atoms with E-state index in [-0.39, 0.29) is 17.7 Å². The molecule has 2 aliphatic heterocycles. The van der Waals surface area contributed by atoms with E-state index in [4.69, 9.17) is 4.74 Å². The Labute approximate surface area is 159 Å². The predicted molar refractivity (Wildman–Crippen MR) is 101 cm³/mol. The molecule has 0 aromatic heterocycles. The number of ether oxygens (including phenoxy) is 1. The molecule has 2 saturated heterocycles. The number of aryl methyl sites for hydroxylation is 1. The number of hydrogen-bond acceptors (Lipinski definition) is 4. The maximum Gasteiger partial charge on any atom is 0.257 e. The lowest BCUT2D eigenvalue weighted by atomic mass is 10.1. The number of carbonyl (C=O) groups excluding carboxylic acids is 3. The van der Waals surface area contributed by atoms with Gasteiger partial charge in [0, 0.05) is 32.6 Å². The molecule has 7 heteroatoms. The van der Waals surface area contributed by atoms with Crippen LogP contribution < -0.4 is 10.1 Å². The summed E-state index contributed by atoms with van der Waals surface area (Å²) in [5, 5.41) is 2.73. The van der Waals surface area contributed by atoms with Gasteiger partial charge in [0.1, 0.15) is 11.8 Å². The lowest BCUT2D eigenvalue weighted by Gasteiger charge is -2.25. The van der Waals surface area contributed by atoms with Crippen molar-refractivity contribution < 1.29 is 19.1 Å². The summed E-state index contributed by atoms with van der Waals surface area (Å²) in [5.74, 6) is 0.400. The number of methoxy groups -OCH3 is 1. The maximum absolute atomic E-state index is 13.1. The minimum Gasteiger partial charge on any atom is -0.496 e. The zero-order valence-corrected chi connectivity index (χ0v) is 16.0. The van der Waals surface area contributed by atoms with E-state index >= 15 is 0 Å². The summed E-state index contributed by atoms with van der Waals surface area (Å²) < 4.78 is 5.37. The van der Waals surface area contributed by atoms with Gasteiger partial charge in [-0.3, -0.25) is 14.4 Å². The molecule has 7 nitrogen and oxygen atoms in total. The summed E-state index contributed by atoms with van der Waals surface area (Å²) in [7, 11) is 1.57. The Bertz CT molecular complexity index is 734. The lowest BCUT2D eigenvalue weighted by molar-refractivity contribution is -0.134. The number of nitrogens with one attached hydrogen (secondary N) is 1. The molecule has 146 valence electrons. The Kier molecular flexibility index (Phi) is 5.98. The molecule has 1 aromatic carbocycles. The van der Waals surface area contributed by atoms with Gasteiger partial charge in [0.15, 0.2) is 0 Å². The maximum atomic E-state index is 13.1. The third kappa shape index (κ3) is 4.23. The van der Waals surface area contributed by atoms with Gasteiger partial charge >= 0.3 is 0 Å². The molecule has 1 N–H and O–H groups in total. The van der Waals surface area contributed by atoms with Crippen LogP contribution in [0.2, 0.25) is 0 Å². The summed E-state index contributed by atoms with van der Waals surface area (Å²) in [4.78, 5) is 40.6. The fourth-order valence-electron chi connectivity index (χ4n) is 3.67. The van der Waals surface area contributed by atoms with E-state index in [9.17, 15) is 14.4 Å². The molecule has 1 aromatic rings. The first-order valence-electron chi connectivity index (χ1n) is 9.57. The smallest absolute Gasteiger partial charge is 0.257 e. The molecule has 2 fully saturated rings. The van der Waals surface area contributed by atoms with Gasteiger partial charge in [-0.25, -0.2) is 0 Å². The highest BCUT2D eigenvalue weighted by molar-refractivity contribution is 5.97. The van der Waals surface area contributed by atoms with Gasteiger partial charge < -0.3 is 19.9 Å². The molecule has 2 aliphatic rings. The molecule has 3 rings (SSSR count). The van der Waals surface area contributed by atoms with Gasteiger partial charge in [0.2, 0.25) is 11.8 Å². The van der Waals surface area contributed by atoms with Crippen molar-refractivity contribution in [1.82, 2.24) is 15.1 Å². The van der Waals surface area contributed by atoms with Gasteiger partial charge in [0.05, 0.1) is 12.7 Å². The number of nitrogens with zero attached hydrogens (tertiary/aromatic N) is 2. The predicted octanol–water partition coefficient (Wildman–Crippen LogP) is 1.21. The fourth-order valence-corrected chi connectivity index (χ4v) is 3.67. The van der Waals surface area contributed by atoms with Crippen molar-refractivity contribution in [3.8, 4) is 5.75 Å². The van der Waals surface area contributed by atoms with Gasteiger partial charge in [-0.1, -0.05) is 13.0 Å². The molecule has 1 unspecified atom stereocenters. The van der Waals surface area contributed by atoms with Crippen LogP contribution in [0.4, 0.5) is 0 Å². The number of rotatable bonds is 4. The van der Waals surface area contributed by atoms with Crippen molar-refractivity contribution in [3.63, 3.8) is 0 Å². The van der Waals surface area contributed by atoms with E-state index in [1.165, 1.54) is 0 Å². The van der Waals surface area contributed by atoms with Crippen molar-refractivity contribution in [2.75, 3.05) is 33.3 Å². The summed E-state index contributed by atoms with van der Waals surface area (Å²) in [6, 6.07) is 5.28. The number of hydrogen-bond donors (Lipinski definition) is 1. The monoisotopic (exact) mass is 373 g/mol. The van der Waals surface area contributed by atoms with E-state index < -0.39 is 6.04 Å². The van der Waals surface area contributed by atoms with Crippen LogP contribution in [-0.4, -0.2) is 66.9 Å². The molecule has 0 saturated carbocycles. The summed E-state index contributed by atoms with van der Waals surface area (Å²) >= 11 is 0. The van der Waals surface area contributed by atoms with E-state index in [0.29, 0.717) is 56.8 Å². The van der Waals surface area contributed by atoms with Gasteiger partial charge in [-0.2, -0.15) is 0 Å². The fraction of sp³-hybridized carbons (Fsp3) is 0.550. The van der Waals surface area contributed by atoms with Gasteiger partial charge in [0.25, 0.3) is 5.91 Å². The Morgan fingerprint density at radius 3 is 2.59 bits per heavy atom. The first-order valence-corrected chi connectivity index (χ1v) is 9.57. The van der Waals surface area contributed by atoms with Crippen molar-refractivity contribution in [2.45, 2.75) is 38.6 Å². The second-order valence-electron chi connectivity index (χ2n) is 7.02. The molecule has 2 heterocycles. The average Bonchev–Trinajstić information content (AvgIpc) is 2.98. The van der Waals surface area contributed by atoms with Crippen LogP contribution in [0.15, 0.2) is 18.2 Å². The van der Waals surface area contributed by atoms with E-state index in [2.05, 4.69) is 5.32 Å². The van der Waals surface area contributed by atoms with Crippen molar-refractivity contribution >= 4 is 17.7 Å². The van der Waals surface area contributed by atoms with Crippen LogP contribution in [0.5, 0.6) is 5.75 Å². The molecular formula is C20H27N3O4. The minimum atomic E-state index is -0.416. The highest BCUT2D eigenvalue weighted by atomic mass is 16.5. The second-order valence-corrected chi connectivity index (χ2v) is 7.02. The minimum absolute atomic E-state index is 0.0410. The van der Waals surface area contributed by atoms with E-state index in [0.717, 1.165) is 12.0 Å². The highest BCUT2D eigenvalue weighted by Crippen LogP contribution is 2.23. The van der Waals surface area contributed by atoms with E-state index in [1.807, 2.05) is 25.1 Å². The van der Waals surface area contributed by atoms with Crippen LogP contribution in [0.1, 0.15) is 42.1 Å². The molecule has 27 heavy (non-hydrogen) atoms. The molecule has 1 atom stereocenters. The standard InChI is InChI=1S/C20H27N3O4/c1-3-14-5-7-17(27-2)15(13-14)19(25)22-9-4-10-23(12-11-22)20(26)16-6-8-18(24)21-16/h5,7,13,16H,3-4,6,8-12H2,1-2H3,(H,21,24). The zero-order chi connectivity index (χ0) is 19.4. The largest absolute Gasteiger partial charge is 0.496 e. The SMILES string of the molecule is CCc1ccc(OC)c(C(=O)N2CCCN(C(=O)C3CCC(=O)N3)CC2)c1. The quantitative estimate of drug-likeness (QED) is 0.861. The van der Waals surface area contributed by atoms with Crippen LogP contribution in [-0.2, 0) is 16.0 Å². The summed E-state index contributed by atoms with van der Waals surface area (Å²) in [5.41, 5.74) is 1.66. The normalized spacial score (nSPS) is 20.2. The Balaban J connectivity index is 1.68. The highest BCUT2D eigenvalue weighted by Gasteiger charge is 2.32. The molecule has 3 amide bonds. The zero-order valence-electron chi connectivity index (χ0n) is 16.0. The van der Waals surface area contributed by atoms with Gasteiger partial charge in [-0.15, -0.1) is 0 Å². The Hall–Kier alpha value is -2.57. The Morgan fingerprint density at radius 2 is 1.93 bits per heavy atom. The molecular weight excluding hydrogens is 346 g/mol. The van der Waals surface area contributed by atoms with Gasteiger partial charge in [-0.05, 0) is 37.0 Å². The molecule has 0 radical (unpaired) electrons. The third-order valence-corrected chi connectivity index (χ3v) is 5.29. The average molecular weight is 373 g/mol. The number of benzene rings is 1. The van der Waals surface area contributed by atoms with Crippen LogP contribution >= 0.6 is 0 Å². The number of amides is 3. The summed E-state index contributed by atoms with van der Waals surface area (Å²) in [6.45, 7) is 4.20. The lowest BCUT2D eigenvalue weighted by Crippen LogP contribution is -2.46. The van der Waals surface area contributed by atoms with Crippen LogP contribution in [0, 0.1) is 0 Å². The van der Waals surface area contributed by atoms with E-state index in [1.54, 1.807) is 16.9 Å². The topological polar surface area (TPSA) is 79.0 Å². The molecule has 0 spiro atoms. The van der Waals surface area contributed by atoms with Crippen molar-refractivity contribution in [2.24, 2.45) is 0 Å². The second kappa shape index (κ2) is 8.41. The molecule has 0 bridgehead atoms. The number of carbonyl (C=O) groups is 3. The van der Waals surface area contributed by atoms with Crippen molar-refractivity contribution in [3.05, 3.63) is 29.3 Å². The molecule has 0 aliphatic carbocycles. The van der Waals surface area contributed by atoms with Crippen molar-refractivity contribution in [1.29, 1.82) is 0 Å². The van der Waals surface area contributed by atoms with Crippen LogP contribution in [0.3, 0.4) is 0 Å².